The summed E-state index contributed by atoms with van der Waals surface area (Å²) >= 11 is 0. The van der Waals surface area contributed by atoms with Gasteiger partial charge in [-0.15, -0.1) is 0 Å². The van der Waals surface area contributed by atoms with E-state index in [-0.39, 0.29) is 24.2 Å². The second-order valence-electron chi connectivity index (χ2n) is 7.45. The molecule has 0 saturated carbocycles. The summed E-state index contributed by atoms with van der Waals surface area (Å²) in [5, 5.41) is 18.5. The average Bonchev–Trinajstić information content (AvgIpc) is 3.23. The van der Waals surface area contributed by atoms with Gasteiger partial charge in [0.1, 0.15) is 23.2 Å². The first-order chi connectivity index (χ1) is 14.3. The van der Waals surface area contributed by atoms with Crippen molar-refractivity contribution < 1.29 is 18.5 Å². The van der Waals surface area contributed by atoms with Gasteiger partial charge >= 0.3 is 0 Å². The molecule has 2 N–H and O–H groups in total. The molecule has 3 rings (SSSR count). The summed E-state index contributed by atoms with van der Waals surface area (Å²) in [6, 6.07) is 3.34. The molecule has 2 aromatic rings. The monoisotopic (exact) mass is 414 g/mol. The SMILES string of the molecule is Cc1cc(NC(=O)CN2CCN(C(C)C(=O)Nc3oc(C)c(C)c3C#N)CC2)no1. The fraction of sp³-hybridized carbons (Fsp3) is 0.500. The van der Waals surface area contributed by atoms with E-state index in [4.69, 9.17) is 8.94 Å². The summed E-state index contributed by atoms with van der Waals surface area (Å²) in [6.07, 6.45) is 0. The minimum Gasteiger partial charge on any atom is -0.444 e. The zero-order chi connectivity index (χ0) is 21.8. The van der Waals surface area contributed by atoms with Crippen LogP contribution >= 0.6 is 0 Å². The molecular weight excluding hydrogens is 388 g/mol. The molecule has 0 radical (unpaired) electrons. The highest BCUT2D eigenvalue weighted by Crippen LogP contribution is 2.25. The number of nitriles is 1. The van der Waals surface area contributed by atoms with Gasteiger partial charge in [0.25, 0.3) is 0 Å². The predicted molar refractivity (Wildman–Crippen MR) is 109 cm³/mol. The number of hydrogen-bond donors (Lipinski definition) is 2. The number of amides is 2. The van der Waals surface area contributed by atoms with E-state index in [9.17, 15) is 14.9 Å². The smallest absolute Gasteiger partial charge is 0.243 e. The normalized spacial score (nSPS) is 16.1. The molecule has 160 valence electrons. The molecule has 1 saturated heterocycles. The van der Waals surface area contributed by atoms with Crippen LogP contribution in [0.3, 0.4) is 0 Å². The number of furan rings is 1. The molecule has 1 aliphatic rings. The van der Waals surface area contributed by atoms with Crippen LogP contribution in [0.5, 0.6) is 0 Å². The lowest BCUT2D eigenvalue weighted by Crippen LogP contribution is -2.53. The van der Waals surface area contributed by atoms with Gasteiger partial charge in [0.15, 0.2) is 5.82 Å². The van der Waals surface area contributed by atoms with Crippen molar-refractivity contribution >= 4 is 23.5 Å². The van der Waals surface area contributed by atoms with Crippen LogP contribution < -0.4 is 10.6 Å². The highest BCUT2D eigenvalue weighted by atomic mass is 16.5. The number of aryl methyl sites for hydroxylation is 2. The molecule has 0 bridgehead atoms. The fourth-order valence-corrected chi connectivity index (χ4v) is 3.35. The molecule has 1 unspecified atom stereocenters. The summed E-state index contributed by atoms with van der Waals surface area (Å²) in [4.78, 5) is 28.9. The van der Waals surface area contributed by atoms with E-state index in [0.717, 1.165) is 5.56 Å². The van der Waals surface area contributed by atoms with Crippen LogP contribution in [-0.4, -0.2) is 65.5 Å². The summed E-state index contributed by atoms with van der Waals surface area (Å²) < 4.78 is 10.5. The minimum atomic E-state index is -0.392. The molecule has 0 aromatic carbocycles. The zero-order valence-corrected chi connectivity index (χ0v) is 17.6. The van der Waals surface area contributed by atoms with Crippen LogP contribution in [0.4, 0.5) is 11.7 Å². The predicted octanol–water partition coefficient (Wildman–Crippen LogP) is 1.65. The van der Waals surface area contributed by atoms with Gasteiger partial charge in [-0.05, 0) is 27.7 Å². The van der Waals surface area contributed by atoms with E-state index in [1.807, 2.05) is 16.7 Å². The molecule has 1 atom stereocenters. The Hall–Kier alpha value is -3.16. The highest BCUT2D eigenvalue weighted by molar-refractivity contribution is 5.94. The number of rotatable bonds is 6. The Bertz CT molecular complexity index is 965. The van der Waals surface area contributed by atoms with Crippen LogP contribution in [-0.2, 0) is 9.59 Å². The second-order valence-corrected chi connectivity index (χ2v) is 7.45. The second kappa shape index (κ2) is 9.11. The lowest BCUT2D eigenvalue weighted by Gasteiger charge is -2.36. The third-order valence-corrected chi connectivity index (χ3v) is 5.33. The van der Waals surface area contributed by atoms with Gasteiger partial charge in [-0.1, -0.05) is 5.16 Å². The topological polar surface area (TPSA) is 128 Å². The quantitative estimate of drug-likeness (QED) is 0.730. The lowest BCUT2D eigenvalue weighted by atomic mass is 10.1. The molecule has 0 aliphatic carbocycles. The summed E-state index contributed by atoms with van der Waals surface area (Å²) in [5.41, 5.74) is 1.08. The van der Waals surface area contributed by atoms with Crippen LogP contribution in [0.1, 0.15) is 29.6 Å². The van der Waals surface area contributed by atoms with Crippen LogP contribution in [0.25, 0.3) is 0 Å². The van der Waals surface area contributed by atoms with Gasteiger partial charge in [0, 0.05) is 37.8 Å². The molecular formula is C20H26N6O4. The summed E-state index contributed by atoms with van der Waals surface area (Å²) in [5.74, 6) is 1.46. The molecule has 0 spiro atoms. The van der Waals surface area contributed by atoms with Crippen molar-refractivity contribution in [2.24, 2.45) is 0 Å². The molecule has 10 heteroatoms. The van der Waals surface area contributed by atoms with Crippen LogP contribution in [0.15, 0.2) is 15.0 Å². The zero-order valence-electron chi connectivity index (χ0n) is 17.6. The average molecular weight is 414 g/mol. The molecule has 2 aromatic heterocycles. The number of aromatic nitrogens is 1. The lowest BCUT2D eigenvalue weighted by molar-refractivity contribution is -0.122. The Balaban J connectivity index is 1.48. The van der Waals surface area contributed by atoms with Crippen molar-refractivity contribution in [2.45, 2.75) is 33.7 Å². The maximum atomic E-state index is 12.6. The van der Waals surface area contributed by atoms with Gasteiger partial charge in [-0.25, -0.2) is 0 Å². The Kier molecular flexibility index (Phi) is 6.54. The Labute approximate surface area is 174 Å². The van der Waals surface area contributed by atoms with E-state index in [1.54, 1.807) is 26.8 Å². The third-order valence-electron chi connectivity index (χ3n) is 5.33. The molecule has 2 amide bonds. The maximum Gasteiger partial charge on any atom is 0.243 e. The molecule has 30 heavy (non-hydrogen) atoms. The minimum absolute atomic E-state index is 0.157. The number of carbonyl (C=O) groups excluding carboxylic acids is 2. The molecule has 1 fully saturated rings. The van der Waals surface area contributed by atoms with Crippen molar-refractivity contribution in [2.75, 3.05) is 43.4 Å². The maximum absolute atomic E-state index is 12.6. The number of nitrogens with one attached hydrogen (secondary N) is 2. The third kappa shape index (κ3) is 4.87. The van der Waals surface area contributed by atoms with E-state index in [1.165, 1.54) is 0 Å². The van der Waals surface area contributed by atoms with Gasteiger partial charge in [0.2, 0.25) is 17.7 Å². The molecule has 3 heterocycles. The van der Waals surface area contributed by atoms with E-state index < -0.39 is 6.04 Å². The first-order valence-corrected chi connectivity index (χ1v) is 9.79. The number of carbonyl (C=O) groups is 2. The van der Waals surface area contributed by atoms with Gasteiger partial charge in [0.05, 0.1) is 12.6 Å². The number of anilines is 2. The van der Waals surface area contributed by atoms with E-state index in [0.29, 0.717) is 49.1 Å². The van der Waals surface area contributed by atoms with Crippen molar-refractivity contribution in [3.63, 3.8) is 0 Å². The largest absolute Gasteiger partial charge is 0.444 e. The number of nitrogens with zero attached hydrogens (tertiary/aromatic N) is 4. The van der Waals surface area contributed by atoms with E-state index in [2.05, 4.69) is 21.9 Å². The van der Waals surface area contributed by atoms with Gasteiger partial charge < -0.3 is 14.3 Å². The fourth-order valence-electron chi connectivity index (χ4n) is 3.35. The van der Waals surface area contributed by atoms with Crippen LogP contribution in [0.2, 0.25) is 0 Å². The van der Waals surface area contributed by atoms with Gasteiger partial charge in [-0.2, -0.15) is 5.26 Å². The summed E-state index contributed by atoms with van der Waals surface area (Å²) in [7, 11) is 0. The molecule has 1 aliphatic heterocycles. The highest BCUT2D eigenvalue weighted by Gasteiger charge is 2.28. The van der Waals surface area contributed by atoms with E-state index >= 15 is 0 Å². The Morgan fingerprint density at radius 2 is 1.93 bits per heavy atom. The van der Waals surface area contributed by atoms with Gasteiger partial charge in [-0.3, -0.25) is 24.7 Å². The molecule has 10 nitrogen and oxygen atoms in total. The van der Waals surface area contributed by atoms with Crippen molar-refractivity contribution in [1.29, 1.82) is 5.26 Å². The number of hydrogen-bond acceptors (Lipinski definition) is 8. The van der Waals surface area contributed by atoms with Crippen molar-refractivity contribution in [3.05, 3.63) is 28.7 Å². The Morgan fingerprint density at radius 3 is 2.53 bits per heavy atom. The first-order valence-electron chi connectivity index (χ1n) is 9.79. The number of piperazine rings is 1. The Morgan fingerprint density at radius 1 is 1.23 bits per heavy atom. The van der Waals surface area contributed by atoms with Crippen LogP contribution in [0, 0.1) is 32.1 Å². The standard InChI is InChI=1S/C20H26N6O4/c1-12-9-17(24-30-12)22-18(27)11-25-5-7-26(8-6-25)14(3)19(28)23-20-16(10-21)13(2)15(4)29-20/h9,14H,5-8,11H2,1-4H3,(H,23,28)(H,22,24,27). The first kappa shape index (κ1) is 21.5. The summed E-state index contributed by atoms with van der Waals surface area (Å²) in [6.45, 7) is 9.98. The van der Waals surface area contributed by atoms with Crippen molar-refractivity contribution in [3.8, 4) is 6.07 Å². The van der Waals surface area contributed by atoms with Crippen molar-refractivity contribution in [1.82, 2.24) is 15.0 Å².